The first-order valence-electron chi connectivity index (χ1n) is 10.7. The Labute approximate surface area is 172 Å². The number of amides is 3. The topological polar surface area (TPSA) is 95.7 Å². The highest BCUT2D eigenvalue weighted by atomic mass is 16.2. The molecule has 0 radical (unpaired) electrons. The van der Waals surface area contributed by atoms with Gasteiger partial charge in [-0.15, -0.1) is 0 Å². The Hall–Kier alpha value is -2.41. The summed E-state index contributed by atoms with van der Waals surface area (Å²) in [5.41, 5.74) is 7.35. The number of anilines is 1. The second kappa shape index (κ2) is 10.4. The van der Waals surface area contributed by atoms with E-state index in [2.05, 4.69) is 10.2 Å². The van der Waals surface area contributed by atoms with Crippen molar-refractivity contribution in [2.45, 2.75) is 44.9 Å². The Morgan fingerprint density at radius 1 is 1.03 bits per heavy atom. The number of hydrogen-bond donors (Lipinski definition) is 2. The minimum Gasteiger partial charge on any atom is -0.369 e. The number of primary amides is 1. The molecule has 1 aromatic rings. The fourth-order valence-corrected chi connectivity index (χ4v) is 4.06. The van der Waals surface area contributed by atoms with E-state index in [1.54, 1.807) is 4.90 Å². The van der Waals surface area contributed by atoms with Gasteiger partial charge in [0.05, 0.1) is 6.54 Å². The molecule has 3 N–H and O–H groups in total. The molecule has 2 saturated heterocycles. The van der Waals surface area contributed by atoms with E-state index in [1.165, 1.54) is 5.56 Å². The van der Waals surface area contributed by atoms with Crippen LogP contribution in [-0.2, 0) is 20.8 Å². The van der Waals surface area contributed by atoms with Gasteiger partial charge in [-0.3, -0.25) is 14.4 Å². The average Bonchev–Trinajstić information content (AvgIpc) is 2.92. The van der Waals surface area contributed by atoms with Gasteiger partial charge in [-0.1, -0.05) is 18.6 Å². The van der Waals surface area contributed by atoms with E-state index in [0.717, 1.165) is 63.8 Å². The molecule has 7 nitrogen and oxygen atoms in total. The standard InChI is InChI=1S/C22H32N4O3/c23-22(29)18-10-14-25(15-11-18)13-9-17-5-7-19(8-6-17)24-20(27)16-26-12-3-1-2-4-21(26)28/h5-8,18H,1-4,9-16H2,(H2,23,29)(H,24,27). The van der Waals surface area contributed by atoms with E-state index in [0.29, 0.717) is 13.0 Å². The summed E-state index contributed by atoms with van der Waals surface area (Å²) in [7, 11) is 0. The van der Waals surface area contributed by atoms with E-state index < -0.39 is 0 Å². The molecule has 0 atom stereocenters. The van der Waals surface area contributed by atoms with Gasteiger partial charge in [-0.05, 0) is 62.9 Å². The van der Waals surface area contributed by atoms with Crippen molar-refractivity contribution in [3.05, 3.63) is 29.8 Å². The predicted molar refractivity (Wildman–Crippen MR) is 112 cm³/mol. The third-order valence-electron chi connectivity index (χ3n) is 5.95. The second-order valence-electron chi connectivity index (χ2n) is 8.14. The third kappa shape index (κ3) is 6.56. The summed E-state index contributed by atoms with van der Waals surface area (Å²) < 4.78 is 0. The predicted octanol–water partition coefficient (Wildman–Crippen LogP) is 1.77. The van der Waals surface area contributed by atoms with Crippen LogP contribution in [0.15, 0.2) is 24.3 Å². The van der Waals surface area contributed by atoms with Gasteiger partial charge in [-0.25, -0.2) is 0 Å². The van der Waals surface area contributed by atoms with Crippen molar-refractivity contribution in [2.75, 3.05) is 38.0 Å². The SMILES string of the molecule is NC(=O)C1CCN(CCc2ccc(NC(=O)CN3CCCCCC3=O)cc2)CC1. The van der Waals surface area contributed by atoms with Crippen molar-refractivity contribution in [1.29, 1.82) is 0 Å². The largest absolute Gasteiger partial charge is 0.369 e. The Bertz CT molecular complexity index is 711. The first kappa shape index (κ1) is 21.3. The monoisotopic (exact) mass is 400 g/mol. The number of benzene rings is 1. The maximum atomic E-state index is 12.3. The zero-order valence-corrected chi connectivity index (χ0v) is 17.1. The maximum Gasteiger partial charge on any atom is 0.243 e. The van der Waals surface area contributed by atoms with E-state index >= 15 is 0 Å². The molecule has 3 amide bonds. The van der Waals surface area contributed by atoms with Gasteiger partial charge >= 0.3 is 0 Å². The molecule has 2 heterocycles. The summed E-state index contributed by atoms with van der Waals surface area (Å²) in [6.07, 6.45) is 6.10. The lowest BCUT2D eigenvalue weighted by atomic mass is 9.96. The van der Waals surface area contributed by atoms with Crippen molar-refractivity contribution in [3.63, 3.8) is 0 Å². The Kier molecular flexibility index (Phi) is 7.63. The van der Waals surface area contributed by atoms with Crippen molar-refractivity contribution in [2.24, 2.45) is 11.7 Å². The van der Waals surface area contributed by atoms with Crippen LogP contribution in [0.2, 0.25) is 0 Å². The van der Waals surface area contributed by atoms with Gasteiger partial charge in [0.15, 0.2) is 0 Å². The molecule has 0 bridgehead atoms. The van der Waals surface area contributed by atoms with Crippen LogP contribution in [0.5, 0.6) is 0 Å². The highest BCUT2D eigenvalue weighted by Crippen LogP contribution is 2.18. The molecule has 0 unspecified atom stereocenters. The maximum absolute atomic E-state index is 12.3. The first-order valence-corrected chi connectivity index (χ1v) is 10.7. The van der Waals surface area contributed by atoms with E-state index in [-0.39, 0.29) is 30.2 Å². The second-order valence-corrected chi connectivity index (χ2v) is 8.14. The lowest BCUT2D eigenvalue weighted by Crippen LogP contribution is -2.39. The van der Waals surface area contributed by atoms with Crippen LogP contribution >= 0.6 is 0 Å². The van der Waals surface area contributed by atoms with E-state index in [1.807, 2.05) is 24.3 Å². The van der Waals surface area contributed by atoms with E-state index in [9.17, 15) is 14.4 Å². The number of hydrogen-bond acceptors (Lipinski definition) is 4. The number of nitrogens with two attached hydrogens (primary N) is 1. The zero-order valence-electron chi connectivity index (χ0n) is 17.1. The molecule has 158 valence electrons. The van der Waals surface area contributed by atoms with Gasteiger partial charge in [0.2, 0.25) is 17.7 Å². The lowest BCUT2D eigenvalue weighted by Gasteiger charge is -2.30. The molecule has 0 saturated carbocycles. The Morgan fingerprint density at radius 3 is 2.45 bits per heavy atom. The van der Waals surface area contributed by atoms with Crippen molar-refractivity contribution >= 4 is 23.4 Å². The molecule has 3 rings (SSSR count). The lowest BCUT2D eigenvalue weighted by molar-refractivity contribution is -0.134. The minimum atomic E-state index is -0.178. The Morgan fingerprint density at radius 2 is 1.76 bits per heavy atom. The highest BCUT2D eigenvalue weighted by molar-refractivity contribution is 5.94. The van der Waals surface area contributed by atoms with Crippen LogP contribution in [0, 0.1) is 5.92 Å². The molecule has 0 spiro atoms. The zero-order chi connectivity index (χ0) is 20.6. The number of rotatable bonds is 7. The summed E-state index contributed by atoms with van der Waals surface area (Å²) in [4.78, 5) is 39.6. The molecule has 2 aliphatic rings. The summed E-state index contributed by atoms with van der Waals surface area (Å²) in [6, 6.07) is 7.89. The molecule has 29 heavy (non-hydrogen) atoms. The molecule has 0 aliphatic carbocycles. The molecule has 1 aromatic carbocycles. The smallest absolute Gasteiger partial charge is 0.243 e. The van der Waals surface area contributed by atoms with Crippen LogP contribution in [0.3, 0.4) is 0 Å². The molecule has 2 aliphatic heterocycles. The molecule has 2 fully saturated rings. The van der Waals surface area contributed by atoms with Crippen molar-refractivity contribution < 1.29 is 14.4 Å². The van der Waals surface area contributed by atoms with Crippen molar-refractivity contribution in [3.8, 4) is 0 Å². The quantitative estimate of drug-likeness (QED) is 0.729. The number of likely N-dealkylation sites (tertiary alicyclic amines) is 2. The normalized spacial score (nSPS) is 19.0. The summed E-state index contributed by atoms with van der Waals surface area (Å²) in [5.74, 6) is -0.223. The van der Waals surface area contributed by atoms with Gasteiger partial charge < -0.3 is 20.9 Å². The fourth-order valence-electron chi connectivity index (χ4n) is 4.06. The molecule has 7 heteroatoms. The van der Waals surface area contributed by atoms with Gasteiger partial charge in [0, 0.05) is 31.1 Å². The Balaban J connectivity index is 1.41. The minimum absolute atomic E-state index is 0.0266. The van der Waals surface area contributed by atoms with E-state index in [4.69, 9.17) is 5.73 Å². The molecular weight excluding hydrogens is 368 g/mol. The number of nitrogens with zero attached hydrogens (tertiary/aromatic N) is 2. The summed E-state index contributed by atoms with van der Waals surface area (Å²) >= 11 is 0. The van der Waals surface area contributed by atoms with Gasteiger partial charge in [0.1, 0.15) is 0 Å². The average molecular weight is 401 g/mol. The van der Waals surface area contributed by atoms with Crippen molar-refractivity contribution in [1.82, 2.24) is 9.80 Å². The van der Waals surface area contributed by atoms with Crippen LogP contribution in [0.4, 0.5) is 5.69 Å². The number of piperidine rings is 1. The third-order valence-corrected chi connectivity index (χ3v) is 5.95. The van der Waals surface area contributed by atoms with Crippen LogP contribution in [-0.4, -0.2) is 60.2 Å². The number of carbonyl (C=O) groups excluding carboxylic acids is 3. The highest BCUT2D eigenvalue weighted by Gasteiger charge is 2.22. The summed E-state index contributed by atoms with van der Waals surface area (Å²) in [5, 5.41) is 2.89. The number of carbonyl (C=O) groups is 3. The molecular formula is C22H32N4O3. The summed E-state index contributed by atoms with van der Waals surface area (Å²) in [6.45, 7) is 3.58. The molecule has 0 aromatic heterocycles. The van der Waals surface area contributed by atoms with Gasteiger partial charge in [0.25, 0.3) is 0 Å². The number of nitrogens with one attached hydrogen (secondary N) is 1. The van der Waals surface area contributed by atoms with Crippen LogP contribution in [0.25, 0.3) is 0 Å². The first-order chi connectivity index (χ1) is 14.0. The van der Waals surface area contributed by atoms with Crippen LogP contribution in [0.1, 0.15) is 44.1 Å². The fraction of sp³-hybridized carbons (Fsp3) is 0.591. The van der Waals surface area contributed by atoms with Crippen LogP contribution < -0.4 is 11.1 Å². The van der Waals surface area contributed by atoms with Gasteiger partial charge in [-0.2, -0.15) is 0 Å².